The topological polar surface area (TPSA) is 114 Å². The lowest BCUT2D eigenvalue weighted by atomic mass is 10.1. The zero-order valence-corrected chi connectivity index (χ0v) is 19.3. The summed E-state index contributed by atoms with van der Waals surface area (Å²) in [7, 11) is 0. The van der Waals surface area contributed by atoms with Gasteiger partial charge in [0.1, 0.15) is 0 Å². The first-order valence-electron chi connectivity index (χ1n) is 11.1. The Morgan fingerprint density at radius 2 is 0.710 bits per heavy atom. The monoisotopic (exact) mass is 456 g/mol. The molecule has 0 bridgehead atoms. The highest BCUT2D eigenvalue weighted by molar-refractivity contribution is 4.57. The largest absolute Gasteiger partial charge is 0.394 e. The quantitative estimate of drug-likeness (QED) is 0.174. The van der Waals surface area contributed by atoms with Crippen LogP contribution in [0.1, 0.15) is 13.8 Å². The summed E-state index contributed by atoms with van der Waals surface area (Å²) in [5, 5.41) is 18.1. The number of hydrogen-bond donors (Lipinski definition) is 2. The van der Waals surface area contributed by atoms with Crippen LogP contribution in [0.5, 0.6) is 0 Å². The predicted molar refractivity (Wildman–Crippen MR) is 114 cm³/mol. The maximum atomic E-state index is 9.58. The summed E-state index contributed by atoms with van der Waals surface area (Å²) in [6, 6.07) is 0. The third kappa shape index (κ3) is 25.7. The van der Waals surface area contributed by atoms with E-state index in [2.05, 4.69) is 0 Å². The van der Waals surface area contributed by atoms with Crippen LogP contribution in [-0.2, 0) is 37.9 Å². The number of ether oxygens (including phenoxy) is 8. The zero-order valence-electron chi connectivity index (χ0n) is 19.3. The molecule has 0 rings (SSSR count). The second-order valence-electron chi connectivity index (χ2n) is 6.90. The van der Waals surface area contributed by atoms with E-state index in [1.54, 1.807) is 0 Å². The standard InChI is InChI=1S/C21H44O10/c1-20(2)21(23)19-31-18-17-30-16-15-29-14-13-28-12-11-27-10-9-26-8-7-25-6-5-24-4-3-22/h20-23H,3-19H2,1-2H3. The molecule has 188 valence electrons. The molecule has 1 unspecified atom stereocenters. The van der Waals surface area contributed by atoms with E-state index in [0.717, 1.165) is 0 Å². The average molecular weight is 457 g/mol. The Labute approximate surface area is 187 Å². The lowest BCUT2D eigenvalue weighted by molar-refractivity contribution is -0.0307. The second-order valence-corrected chi connectivity index (χ2v) is 6.90. The number of aliphatic hydroxyl groups excluding tert-OH is 2. The maximum Gasteiger partial charge on any atom is 0.0796 e. The SMILES string of the molecule is CC(C)C(O)COCCOCCOCCOCCOCCOCCOCCOCCO. The first-order valence-corrected chi connectivity index (χ1v) is 11.1. The van der Waals surface area contributed by atoms with Gasteiger partial charge in [0.25, 0.3) is 0 Å². The van der Waals surface area contributed by atoms with Crippen LogP contribution in [0.2, 0.25) is 0 Å². The van der Waals surface area contributed by atoms with Gasteiger partial charge < -0.3 is 48.1 Å². The molecule has 0 saturated carbocycles. The Bertz CT molecular complexity index is 333. The number of hydrogen-bond acceptors (Lipinski definition) is 10. The van der Waals surface area contributed by atoms with E-state index >= 15 is 0 Å². The summed E-state index contributed by atoms with van der Waals surface area (Å²) in [6.07, 6.45) is -0.429. The molecule has 2 N–H and O–H groups in total. The molecule has 0 aliphatic carbocycles. The first kappa shape index (κ1) is 30.6. The predicted octanol–water partition coefficient (Wildman–Crippen LogP) is 0.128. The lowest BCUT2D eigenvalue weighted by Crippen LogP contribution is -2.22. The number of rotatable bonds is 26. The molecule has 0 aromatic heterocycles. The second kappa shape index (κ2) is 25.9. The van der Waals surface area contributed by atoms with E-state index in [1.807, 2.05) is 13.8 Å². The molecule has 0 aliphatic rings. The maximum absolute atomic E-state index is 9.58. The van der Waals surface area contributed by atoms with Gasteiger partial charge in [-0.1, -0.05) is 13.8 Å². The van der Waals surface area contributed by atoms with Crippen molar-refractivity contribution >= 4 is 0 Å². The Kier molecular flexibility index (Phi) is 25.5. The van der Waals surface area contributed by atoms with E-state index in [4.69, 9.17) is 43.0 Å². The summed E-state index contributed by atoms with van der Waals surface area (Å²) < 4.78 is 42.7. The van der Waals surface area contributed by atoms with Crippen LogP contribution in [0.3, 0.4) is 0 Å². The van der Waals surface area contributed by atoms with Crippen LogP contribution >= 0.6 is 0 Å². The molecule has 0 saturated heterocycles. The normalized spacial score (nSPS) is 12.7. The third-order valence-corrected chi connectivity index (χ3v) is 3.90. The summed E-state index contributed by atoms with van der Waals surface area (Å²) >= 11 is 0. The van der Waals surface area contributed by atoms with Crippen LogP contribution in [0, 0.1) is 5.92 Å². The fourth-order valence-corrected chi connectivity index (χ4v) is 2.00. The Hall–Kier alpha value is -0.400. The molecule has 0 aromatic carbocycles. The molecule has 10 nitrogen and oxygen atoms in total. The van der Waals surface area contributed by atoms with E-state index < -0.39 is 6.10 Å². The summed E-state index contributed by atoms with van der Waals surface area (Å²) in [4.78, 5) is 0. The van der Waals surface area contributed by atoms with Crippen LogP contribution in [0.4, 0.5) is 0 Å². The minimum Gasteiger partial charge on any atom is -0.394 e. The van der Waals surface area contributed by atoms with Gasteiger partial charge in [0.05, 0.1) is 118 Å². The van der Waals surface area contributed by atoms with E-state index in [0.29, 0.717) is 106 Å². The first-order chi connectivity index (χ1) is 15.2. The minimum atomic E-state index is -0.429. The summed E-state index contributed by atoms with van der Waals surface area (Å²) in [5.41, 5.74) is 0. The Balaban J connectivity index is 3.04. The van der Waals surface area contributed by atoms with Crippen LogP contribution in [0.15, 0.2) is 0 Å². The van der Waals surface area contributed by atoms with Crippen molar-refractivity contribution < 1.29 is 48.1 Å². The van der Waals surface area contributed by atoms with Crippen molar-refractivity contribution in [2.45, 2.75) is 20.0 Å². The molecule has 0 fully saturated rings. The summed E-state index contributed by atoms with van der Waals surface area (Å²) in [5.74, 6) is 0.197. The molecule has 0 amide bonds. The molecule has 0 aromatic rings. The molecule has 31 heavy (non-hydrogen) atoms. The van der Waals surface area contributed by atoms with Gasteiger partial charge >= 0.3 is 0 Å². The van der Waals surface area contributed by atoms with Gasteiger partial charge in [-0.05, 0) is 5.92 Å². The molecule has 0 aliphatic heterocycles. The Morgan fingerprint density at radius 1 is 0.452 bits per heavy atom. The molecule has 0 spiro atoms. The molecular formula is C21H44O10. The van der Waals surface area contributed by atoms with Gasteiger partial charge in [-0.25, -0.2) is 0 Å². The van der Waals surface area contributed by atoms with Crippen molar-refractivity contribution in [3.63, 3.8) is 0 Å². The molecular weight excluding hydrogens is 412 g/mol. The van der Waals surface area contributed by atoms with Gasteiger partial charge in [0.2, 0.25) is 0 Å². The fourth-order valence-electron chi connectivity index (χ4n) is 2.00. The van der Waals surface area contributed by atoms with Crippen LogP contribution in [0.25, 0.3) is 0 Å². The average Bonchev–Trinajstić information content (AvgIpc) is 2.76. The van der Waals surface area contributed by atoms with Crippen molar-refractivity contribution in [2.75, 3.05) is 112 Å². The van der Waals surface area contributed by atoms with Gasteiger partial charge in [-0.15, -0.1) is 0 Å². The van der Waals surface area contributed by atoms with Crippen molar-refractivity contribution in [1.82, 2.24) is 0 Å². The smallest absolute Gasteiger partial charge is 0.0796 e. The lowest BCUT2D eigenvalue weighted by Gasteiger charge is -2.14. The highest BCUT2D eigenvalue weighted by Gasteiger charge is 2.08. The fraction of sp³-hybridized carbons (Fsp3) is 1.00. The van der Waals surface area contributed by atoms with Crippen molar-refractivity contribution in [2.24, 2.45) is 5.92 Å². The van der Waals surface area contributed by atoms with E-state index in [1.165, 1.54) is 0 Å². The van der Waals surface area contributed by atoms with Crippen molar-refractivity contribution in [3.8, 4) is 0 Å². The zero-order chi connectivity index (χ0) is 22.8. The number of aliphatic hydroxyl groups is 2. The van der Waals surface area contributed by atoms with Crippen LogP contribution < -0.4 is 0 Å². The summed E-state index contributed by atoms with van der Waals surface area (Å²) in [6.45, 7) is 11.6. The highest BCUT2D eigenvalue weighted by atomic mass is 16.6. The van der Waals surface area contributed by atoms with E-state index in [-0.39, 0.29) is 12.5 Å². The van der Waals surface area contributed by atoms with Crippen molar-refractivity contribution in [1.29, 1.82) is 0 Å². The van der Waals surface area contributed by atoms with Gasteiger partial charge in [0, 0.05) is 0 Å². The third-order valence-electron chi connectivity index (χ3n) is 3.90. The highest BCUT2D eigenvalue weighted by Crippen LogP contribution is 2.00. The van der Waals surface area contributed by atoms with Gasteiger partial charge in [-0.3, -0.25) is 0 Å². The van der Waals surface area contributed by atoms with E-state index in [9.17, 15) is 5.11 Å². The molecule has 1 atom stereocenters. The van der Waals surface area contributed by atoms with Gasteiger partial charge in [0.15, 0.2) is 0 Å². The van der Waals surface area contributed by atoms with Crippen LogP contribution in [-0.4, -0.2) is 129 Å². The molecule has 0 heterocycles. The van der Waals surface area contributed by atoms with Gasteiger partial charge in [-0.2, -0.15) is 0 Å². The molecule has 10 heteroatoms. The minimum absolute atomic E-state index is 0.0286. The Morgan fingerprint density at radius 3 is 0.968 bits per heavy atom. The molecule has 0 radical (unpaired) electrons. The van der Waals surface area contributed by atoms with Crippen molar-refractivity contribution in [3.05, 3.63) is 0 Å².